The van der Waals surface area contributed by atoms with Gasteiger partial charge in [-0.2, -0.15) is 0 Å². The predicted molar refractivity (Wildman–Crippen MR) is 143 cm³/mol. The minimum atomic E-state index is -1.11. The Kier molecular flexibility index (Phi) is 5.23. The summed E-state index contributed by atoms with van der Waals surface area (Å²) in [7, 11) is 0. The number of amides is 2. The molecule has 1 saturated heterocycles. The molecule has 186 valence electrons. The van der Waals surface area contributed by atoms with Gasteiger partial charge in [0.2, 0.25) is 11.8 Å². The smallest absolute Gasteiger partial charge is 0.239 e. The van der Waals surface area contributed by atoms with Gasteiger partial charge in [0.15, 0.2) is 5.78 Å². The zero-order valence-corrected chi connectivity index (χ0v) is 21.2. The van der Waals surface area contributed by atoms with Gasteiger partial charge in [-0.3, -0.25) is 14.4 Å². The summed E-state index contributed by atoms with van der Waals surface area (Å²) in [6.45, 7) is 6.28. The molecule has 2 amide bonds. The first-order valence-electron chi connectivity index (χ1n) is 12.9. The summed E-state index contributed by atoms with van der Waals surface area (Å²) < 4.78 is 5.55. The molecule has 0 aromatic heterocycles. The molecular weight excluding hydrogens is 462 g/mol. The van der Waals surface area contributed by atoms with Crippen molar-refractivity contribution in [3.63, 3.8) is 0 Å². The van der Waals surface area contributed by atoms with Gasteiger partial charge in [0.1, 0.15) is 5.75 Å². The number of imide groups is 1. The average Bonchev–Trinajstić information content (AvgIpc) is 3.40. The van der Waals surface area contributed by atoms with E-state index in [-0.39, 0.29) is 17.6 Å². The van der Waals surface area contributed by atoms with Gasteiger partial charge in [-0.15, -0.1) is 0 Å². The van der Waals surface area contributed by atoms with Crippen LogP contribution in [0.25, 0.3) is 11.1 Å². The number of anilines is 1. The van der Waals surface area contributed by atoms with E-state index in [0.29, 0.717) is 24.5 Å². The highest BCUT2D eigenvalue weighted by molar-refractivity contribution is 6.34. The van der Waals surface area contributed by atoms with Crippen LogP contribution < -0.4 is 9.64 Å². The second-order valence-corrected chi connectivity index (χ2v) is 10.2. The number of ketones is 1. The van der Waals surface area contributed by atoms with Gasteiger partial charge < -0.3 is 4.74 Å². The summed E-state index contributed by atoms with van der Waals surface area (Å²) in [6, 6.07) is 26.8. The first-order valence-corrected chi connectivity index (χ1v) is 12.9. The minimum absolute atomic E-state index is 0.0109. The zero-order chi connectivity index (χ0) is 25.9. The molecule has 0 spiro atoms. The molecule has 5 nitrogen and oxygen atoms in total. The zero-order valence-electron chi connectivity index (χ0n) is 21.2. The summed E-state index contributed by atoms with van der Waals surface area (Å²) >= 11 is 0. The number of rotatable bonds is 6. The lowest BCUT2D eigenvalue weighted by Crippen LogP contribution is -2.41. The Morgan fingerprint density at radius 3 is 1.81 bits per heavy atom. The van der Waals surface area contributed by atoms with E-state index < -0.39 is 22.7 Å². The number of ether oxygens (including phenoxy) is 1. The summed E-state index contributed by atoms with van der Waals surface area (Å²) in [5.74, 6) is -1.41. The molecule has 4 atom stereocenters. The second kappa shape index (κ2) is 8.27. The van der Waals surface area contributed by atoms with Crippen molar-refractivity contribution in [3.8, 4) is 5.75 Å². The van der Waals surface area contributed by atoms with Crippen LogP contribution in [0.3, 0.4) is 0 Å². The van der Waals surface area contributed by atoms with Crippen molar-refractivity contribution >= 4 is 34.4 Å². The van der Waals surface area contributed by atoms with Gasteiger partial charge in [0.25, 0.3) is 0 Å². The minimum Gasteiger partial charge on any atom is -0.494 e. The number of hydrogen-bond acceptors (Lipinski definition) is 4. The van der Waals surface area contributed by atoms with E-state index in [9.17, 15) is 14.4 Å². The van der Waals surface area contributed by atoms with E-state index in [2.05, 4.69) is 0 Å². The lowest BCUT2D eigenvalue weighted by Gasteiger charge is -2.37. The van der Waals surface area contributed by atoms with Crippen molar-refractivity contribution < 1.29 is 19.1 Å². The molecule has 3 aliphatic rings. The third-order valence-electron chi connectivity index (χ3n) is 8.64. The Morgan fingerprint density at radius 1 is 0.730 bits per heavy atom. The van der Waals surface area contributed by atoms with Gasteiger partial charge in [0, 0.05) is 0 Å². The van der Waals surface area contributed by atoms with Crippen LogP contribution >= 0.6 is 0 Å². The molecule has 2 aliphatic carbocycles. The number of nitrogens with zero attached hydrogens (tertiary/aromatic N) is 1. The number of allylic oxidation sites excluding steroid dienone is 2. The number of carbonyl (C=O) groups excluding carboxylic acids is 3. The summed E-state index contributed by atoms with van der Waals surface area (Å²) in [5, 5.41) is 0. The molecule has 2 fully saturated rings. The van der Waals surface area contributed by atoms with Crippen molar-refractivity contribution in [2.45, 2.75) is 27.2 Å². The van der Waals surface area contributed by atoms with Crippen molar-refractivity contribution in [2.75, 3.05) is 11.5 Å². The molecule has 37 heavy (non-hydrogen) atoms. The fourth-order valence-corrected chi connectivity index (χ4v) is 7.24. The van der Waals surface area contributed by atoms with Gasteiger partial charge in [-0.05, 0) is 66.8 Å². The van der Waals surface area contributed by atoms with Crippen LogP contribution in [0.15, 0.2) is 84.9 Å². The SMILES string of the molecule is CCOc1ccc(N2C(=O)[C@@H]3[C@@H](C2=O)[C@]2(CC)C(=O)[C@@]3(C)C(c3ccccc3)=C2c2ccccc2)cc1. The van der Waals surface area contributed by atoms with Gasteiger partial charge in [-0.1, -0.05) is 67.6 Å². The van der Waals surface area contributed by atoms with Crippen molar-refractivity contribution in [1.29, 1.82) is 0 Å². The Labute approximate surface area is 216 Å². The maximum absolute atomic E-state index is 14.5. The van der Waals surface area contributed by atoms with Crippen molar-refractivity contribution in [2.24, 2.45) is 22.7 Å². The van der Waals surface area contributed by atoms with Crippen LogP contribution in [0.5, 0.6) is 5.75 Å². The summed E-state index contributed by atoms with van der Waals surface area (Å²) in [5.41, 5.74) is 1.95. The summed E-state index contributed by atoms with van der Waals surface area (Å²) in [4.78, 5) is 44.1. The van der Waals surface area contributed by atoms with Crippen LogP contribution in [-0.4, -0.2) is 24.2 Å². The van der Waals surface area contributed by atoms with Gasteiger partial charge >= 0.3 is 0 Å². The molecule has 1 saturated carbocycles. The third-order valence-corrected chi connectivity index (χ3v) is 8.64. The number of hydrogen-bond donors (Lipinski definition) is 0. The highest BCUT2D eigenvalue weighted by Crippen LogP contribution is 2.74. The van der Waals surface area contributed by atoms with Gasteiger partial charge in [-0.25, -0.2) is 4.90 Å². The van der Waals surface area contributed by atoms with E-state index in [4.69, 9.17) is 4.74 Å². The van der Waals surface area contributed by atoms with Gasteiger partial charge in [0.05, 0.1) is 35.0 Å². The monoisotopic (exact) mass is 491 g/mol. The summed E-state index contributed by atoms with van der Waals surface area (Å²) in [6.07, 6.45) is 0.444. The topological polar surface area (TPSA) is 63.7 Å². The molecule has 3 aromatic rings. The number of carbonyl (C=O) groups is 3. The molecule has 0 N–H and O–H groups in total. The fraction of sp³-hybridized carbons (Fsp3) is 0.281. The first-order chi connectivity index (χ1) is 17.9. The molecule has 0 unspecified atom stereocenters. The predicted octanol–water partition coefficient (Wildman–Crippen LogP) is 5.80. The quantitative estimate of drug-likeness (QED) is 0.409. The molecule has 3 aromatic carbocycles. The number of Topliss-reactive ketones (excluding diaryl/α,β-unsaturated/α-hetero) is 1. The van der Waals surface area contributed by atoms with E-state index in [0.717, 1.165) is 22.3 Å². The van der Waals surface area contributed by atoms with Crippen molar-refractivity contribution in [1.82, 2.24) is 0 Å². The maximum atomic E-state index is 14.5. The maximum Gasteiger partial charge on any atom is 0.239 e. The molecule has 1 aliphatic heterocycles. The first kappa shape index (κ1) is 23.4. The molecule has 5 heteroatoms. The highest BCUT2D eigenvalue weighted by Gasteiger charge is 2.79. The third kappa shape index (κ3) is 2.88. The van der Waals surface area contributed by atoms with Crippen LogP contribution in [-0.2, 0) is 14.4 Å². The van der Waals surface area contributed by atoms with Crippen LogP contribution in [0.2, 0.25) is 0 Å². The molecular formula is C32H29NO4. The molecule has 2 bridgehead atoms. The van der Waals surface area contributed by atoms with E-state index in [1.807, 2.05) is 81.4 Å². The van der Waals surface area contributed by atoms with Crippen molar-refractivity contribution in [3.05, 3.63) is 96.1 Å². The number of benzene rings is 3. The Hall–Kier alpha value is -3.99. The fourth-order valence-electron chi connectivity index (χ4n) is 7.24. The molecule has 6 rings (SSSR count). The second-order valence-electron chi connectivity index (χ2n) is 10.2. The average molecular weight is 492 g/mol. The van der Waals surface area contributed by atoms with Crippen LogP contribution in [0.1, 0.15) is 38.3 Å². The largest absolute Gasteiger partial charge is 0.494 e. The van der Waals surface area contributed by atoms with E-state index >= 15 is 0 Å². The van der Waals surface area contributed by atoms with Crippen LogP contribution in [0, 0.1) is 22.7 Å². The lowest BCUT2D eigenvalue weighted by molar-refractivity contribution is -0.134. The molecule has 0 radical (unpaired) electrons. The Morgan fingerprint density at radius 2 is 1.27 bits per heavy atom. The normalized spacial score (nSPS) is 28.3. The molecule has 1 heterocycles. The highest BCUT2D eigenvalue weighted by atomic mass is 16.5. The Bertz CT molecular complexity index is 1440. The number of fused-ring (bicyclic) bond motifs is 5. The van der Waals surface area contributed by atoms with E-state index in [1.54, 1.807) is 24.3 Å². The van der Waals surface area contributed by atoms with E-state index in [1.165, 1.54) is 4.90 Å². The Balaban J connectivity index is 1.58. The standard InChI is InChI=1S/C32H29NO4/c1-4-32-25(21-14-10-7-11-15-21)24(20-12-8-6-9-13-20)31(3,30(32)36)26-27(32)29(35)33(28(26)34)22-16-18-23(19-17-22)37-5-2/h6-19,26-27H,4-5H2,1-3H3/t26-,27-,31-,32+/m0/s1. The lowest BCUT2D eigenvalue weighted by atomic mass is 9.62. The van der Waals surface area contributed by atoms with Crippen LogP contribution in [0.4, 0.5) is 5.69 Å².